The average Bonchev–Trinajstić information content (AvgIpc) is 3.22. The van der Waals surface area contributed by atoms with Crippen LogP contribution in [0.25, 0.3) is 0 Å². The number of amides is 1. The maximum atomic E-state index is 12.4. The van der Waals surface area contributed by atoms with E-state index in [1.165, 1.54) is 0 Å². The Bertz CT molecular complexity index is 692. The van der Waals surface area contributed by atoms with Gasteiger partial charge in [0.15, 0.2) is 5.82 Å². The zero-order valence-corrected chi connectivity index (χ0v) is 15.7. The van der Waals surface area contributed by atoms with Crippen LogP contribution in [0.1, 0.15) is 37.2 Å². The van der Waals surface area contributed by atoms with E-state index in [9.17, 15) is 4.79 Å². The molecule has 0 atom stereocenters. The molecule has 0 aromatic carbocycles. The summed E-state index contributed by atoms with van der Waals surface area (Å²) in [6.45, 7) is 8.71. The standard InChI is InChI=1S/C20H29N5O/c1-3-21-17-7-5-12-23-19(17)24(4-2)15-16-9-13-25(14-10-16)20(26)18-8-6-11-22-18/h5-8,11-12,16,21-22H,3-4,9-10,13-15H2,1-2H3. The number of nitrogens with zero attached hydrogens (tertiary/aromatic N) is 3. The maximum Gasteiger partial charge on any atom is 0.270 e. The molecular weight excluding hydrogens is 326 g/mol. The second-order valence-corrected chi connectivity index (χ2v) is 6.76. The molecule has 0 bridgehead atoms. The lowest BCUT2D eigenvalue weighted by atomic mass is 9.96. The third-order valence-corrected chi connectivity index (χ3v) is 5.04. The van der Waals surface area contributed by atoms with Crippen LogP contribution in [0, 0.1) is 5.92 Å². The van der Waals surface area contributed by atoms with Crippen molar-refractivity contribution in [2.24, 2.45) is 5.92 Å². The fourth-order valence-electron chi connectivity index (χ4n) is 3.61. The number of nitrogens with one attached hydrogen (secondary N) is 2. The van der Waals surface area contributed by atoms with Gasteiger partial charge in [-0.3, -0.25) is 4.79 Å². The van der Waals surface area contributed by atoms with Gasteiger partial charge in [0.25, 0.3) is 5.91 Å². The maximum absolute atomic E-state index is 12.4. The molecule has 2 aromatic heterocycles. The summed E-state index contributed by atoms with van der Waals surface area (Å²) in [6.07, 6.45) is 5.73. The van der Waals surface area contributed by atoms with Gasteiger partial charge >= 0.3 is 0 Å². The van der Waals surface area contributed by atoms with Crippen LogP contribution in [0.3, 0.4) is 0 Å². The van der Waals surface area contributed by atoms with E-state index in [1.54, 1.807) is 6.20 Å². The summed E-state index contributed by atoms with van der Waals surface area (Å²) in [6, 6.07) is 7.77. The van der Waals surface area contributed by atoms with Crippen molar-refractivity contribution < 1.29 is 4.79 Å². The van der Waals surface area contributed by atoms with Crippen molar-refractivity contribution in [1.29, 1.82) is 0 Å². The Balaban J connectivity index is 1.58. The van der Waals surface area contributed by atoms with Gasteiger partial charge in [0.05, 0.1) is 5.69 Å². The molecule has 26 heavy (non-hydrogen) atoms. The van der Waals surface area contributed by atoms with Crippen molar-refractivity contribution in [2.75, 3.05) is 42.9 Å². The number of likely N-dealkylation sites (tertiary alicyclic amines) is 1. The van der Waals surface area contributed by atoms with Gasteiger partial charge in [0.1, 0.15) is 5.69 Å². The van der Waals surface area contributed by atoms with Crippen LogP contribution in [0.5, 0.6) is 0 Å². The minimum absolute atomic E-state index is 0.111. The first kappa shape index (κ1) is 18.3. The van der Waals surface area contributed by atoms with E-state index in [2.05, 4.69) is 40.1 Å². The molecular formula is C20H29N5O. The van der Waals surface area contributed by atoms with Crippen LogP contribution in [0.2, 0.25) is 0 Å². The summed E-state index contributed by atoms with van der Waals surface area (Å²) in [5.41, 5.74) is 1.78. The molecule has 2 aromatic rings. The summed E-state index contributed by atoms with van der Waals surface area (Å²) in [5, 5.41) is 3.41. The molecule has 0 unspecified atom stereocenters. The molecule has 1 aliphatic heterocycles. The fourth-order valence-corrected chi connectivity index (χ4v) is 3.61. The minimum Gasteiger partial charge on any atom is -0.382 e. The molecule has 3 heterocycles. The normalized spacial score (nSPS) is 15.1. The van der Waals surface area contributed by atoms with E-state index < -0.39 is 0 Å². The number of piperidine rings is 1. The monoisotopic (exact) mass is 355 g/mol. The molecule has 0 radical (unpaired) electrons. The van der Waals surface area contributed by atoms with E-state index >= 15 is 0 Å². The molecule has 0 spiro atoms. The lowest BCUT2D eigenvalue weighted by Crippen LogP contribution is -2.42. The SMILES string of the molecule is CCNc1cccnc1N(CC)CC1CCN(C(=O)c2ccc[nH]2)CC1. The molecule has 3 rings (SSSR count). The molecule has 6 nitrogen and oxygen atoms in total. The smallest absolute Gasteiger partial charge is 0.270 e. The zero-order valence-electron chi connectivity index (χ0n) is 15.7. The average molecular weight is 355 g/mol. The van der Waals surface area contributed by atoms with Crippen molar-refractivity contribution in [3.05, 3.63) is 42.4 Å². The second kappa shape index (κ2) is 8.74. The number of anilines is 2. The van der Waals surface area contributed by atoms with Crippen LogP contribution in [-0.2, 0) is 0 Å². The predicted molar refractivity (Wildman–Crippen MR) is 106 cm³/mol. The number of carbonyl (C=O) groups excluding carboxylic acids is 1. The summed E-state index contributed by atoms with van der Waals surface area (Å²) in [7, 11) is 0. The van der Waals surface area contributed by atoms with Crippen LogP contribution in [-0.4, -0.2) is 53.5 Å². The number of hydrogen-bond donors (Lipinski definition) is 2. The quantitative estimate of drug-likeness (QED) is 0.800. The number of rotatable bonds is 7. The second-order valence-electron chi connectivity index (χ2n) is 6.76. The zero-order chi connectivity index (χ0) is 18.4. The van der Waals surface area contributed by atoms with Gasteiger partial charge in [-0.05, 0) is 56.9 Å². The van der Waals surface area contributed by atoms with Crippen molar-refractivity contribution in [3.8, 4) is 0 Å². The molecule has 2 N–H and O–H groups in total. The van der Waals surface area contributed by atoms with Gasteiger partial charge in [-0.15, -0.1) is 0 Å². The van der Waals surface area contributed by atoms with E-state index in [0.717, 1.165) is 57.1 Å². The number of aromatic amines is 1. The van der Waals surface area contributed by atoms with Crippen LogP contribution in [0.4, 0.5) is 11.5 Å². The van der Waals surface area contributed by atoms with Crippen molar-refractivity contribution in [1.82, 2.24) is 14.9 Å². The third-order valence-electron chi connectivity index (χ3n) is 5.04. The minimum atomic E-state index is 0.111. The Labute approximate surface area is 155 Å². The Kier molecular flexibility index (Phi) is 6.15. The van der Waals surface area contributed by atoms with E-state index in [4.69, 9.17) is 0 Å². The summed E-state index contributed by atoms with van der Waals surface area (Å²) < 4.78 is 0. The number of H-pyrrole nitrogens is 1. The first-order valence-corrected chi connectivity index (χ1v) is 9.59. The van der Waals surface area contributed by atoms with Crippen LogP contribution in [0.15, 0.2) is 36.7 Å². The van der Waals surface area contributed by atoms with Gasteiger partial charge in [-0.2, -0.15) is 0 Å². The van der Waals surface area contributed by atoms with Gasteiger partial charge < -0.3 is 20.1 Å². The Morgan fingerprint density at radius 3 is 2.77 bits per heavy atom. The summed E-state index contributed by atoms with van der Waals surface area (Å²) in [5.74, 6) is 1.72. The predicted octanol–water partition coefficient (Wildman–Crippen LogP) is 3.22. The van der Waals surface area contributed by atoms with E-state index in [1.807, 2.05) is 29.3 Å². The largest absolute Gasteiger partial charge is 0.382 e. The van der Waals surface area contributed by atoms with E-state index in [-0.39, 0.29) is 5.91 Å². The molecule has 1 aliphatic rings. The number of pyridine rings is 1. The van der Waals surface area contributed by atoms with Crippen molar-refractivity contribution in [2.45, 2.75) is 26.7 Å². The van der Waals surface area contributed by atoms with Gasteiger partial charge in [-0.25, -0.2) is 4.98 Å². The number of carbonyl (C=O) groups is 1. The highest BCUT2D eigenvalue weighted by molar-refractivity contribution is 5.92. The Hall–Kier alpha value is -2.50. The Morgan fingerprint density at radius 1 is 1.31 bits per heavy atom. The fraction of sp³-hybridized carbons (Fsp3) is 0.500. The van der Waals surface area contributed by atoms with Gasteiger partial charge in [-0.1, -0.05) is 0 Å². The molecule has 1 amide bonds. The van der Waals surface area contributed by atoms with Crippen molar-refractivity contribution in [3.63, 3.8) is 0 Å². The lowest BCUT2D eigenvalue weighted by Gasteiger charge is -2.35. The molecule has 1 saturated heterocycles. The molecule has 1 fully saturated rings. The van der Waals surface area contributed by atoms with E-state index in [0.29, 0.717) is 11.6 Å². The van der Waals surface area contributed by atoms with Crippen molar-refractivity contribution >= 4 is 17.4 Å². The number of hydrogen-bond acceptors (Lipinski definition) is 4. The summed E-state index contributed by atoms with van der Waals surface area (Å²) >= 11 is 0. The first-order valence-electron chi connectivity index (χ1n) is 9.59. The topological polar surface area (TPSA) is 64.3 Å². The van der Waals surface area contributed by atoms with Crippen LogP contribution < -0.4 is 10.2 Å². The lowest BCUT2D eigenvalue weighted by molar-refractivity contribution is 0.0687. The third kappa shape index (κ3) is 4.18. The highest BCUT2D eigenvalue weighted by Gasteiger charge is 2.26. The highest BCUT2D eigenvalue weighted by Crippen LogP contribution is 2.26. The molecule has 6 heteroatoms. The van der Waals surface area contributed by atoms with Gasteiger partial charge in [0, 0.05) is 45.1 Å². The number of aromatic nitrogens is 2. The Morgan fingerprint density at radius 2 is 2.12 bits per heavy atom. The van der Waals surface area contributed by atoms with Crippen LogP contribution >= 0.6 is 0 Å². The molecule has 140 valence electrons. The summed E-state index contributed by atoms with van der Waals surface area (Å²) in [4.78, 5) is 24.4. The molecule has 0 saturated carbocycles. The first-order chi connectivity index (χ1) is 12.7. The molecule has 0 aliphatic carbocycles. The van der Waals surface area contributed by atoms with Gasteiger partial charge in [0.2, 0.25) is 0 Å². The highest BCUT2D eigenvalue weighted by atomic mass is 16.2.